The molecule has 1 aliphatic heterocycles. The van der Waals surface area contributed by atoms with Crippen LogP contribution in [0.15, 0.2) is 48.5 Å². The van der Waals surface area contributed by atoms with Gasteiger partial charge in [0.1, 0.15) is 17.8 Å². The lowest BCUT2D eigenvalue weighted by atomic mass is 9.53. The summed E-state index contributed by atoms with van der Waals surface area (Å²) < 4.78 is 6.18. The van der Waals surface area contributed by atoms with Crippen LogP contribution >= 0.6 is 0 Å². The Hall–Kier alpha value is -4.62. The third kappa shape index (κ3) is 6.70. The first kappa shape index (κ1) is 37.7. The van der Waals surface area contributed by atoms with Crippen LogP contribution in [0.25, 0.3) is 10.9 Å². The number of aromatic nitrogens is 1. The van der Waals surface area contributed by atoms with E-state index in [0.29, 0.717) is 81.4 Å². The van der Waals surface area contributed by atoms with Gasteiger partial charge in [0.25, 0.3) is 5.91 Å². The predicted molar refractivity (Wildman–Crippen MR) is 211 cm³/mol. The fourth-order valence-corrected chi connectivity index (χ4v) is 10.1. The molecular weight excluding hydrogens is 679 g/mol. The molecule has 3 amide bonds. The average Bonchev–Trinajstić information content (AvgIpc) is 3.47. The van der Waals surface area contributed by atoms with Crippen molar-refractivity contribution in [1.82, 2.24) is 19.7 Å². The van der Waals surface area contributed by atoms with Crippen LogP contribution in [0.5, 0.6) is 5.75 Å². The first-order valence-corrected chi connectivity index (χ1v) is 20.1. The Morgan fingerprint density at radius 3 is 2.46 bits per heavy atom. The van der Waals surface area contributed by atoms with E-state index in [-0.39, 0.29) is 29.9 Å². The number of amides is 3. The number of piperazine rings is 1. The second-order valence-corrected chi connectivity index (χ2v) is 16.0. The summed E-state index contributed by atoms with van der Waals surface area (Å²) in [5.41, 5.74) is 3.17. The summed E-state index contributed by atoms with van der Waals surface area (Å²) in [5, 5.41) is 12.4. The zero-order valence-electron chi connectivity index (χ0n) is 32.4. The van der Waals surface area contributed by atoms with E-state index in [2.05, 4.69) is 34.9 Å². The van der Waals surface area contributed by atoms with Crippen molar-refractivity contribution in [2.24, 2.45) is 17.3 Å². The molecule has 2 saturated carbocycles. The molecule has 3 aromatic rings. The first-order chi connectivity index (χ1) is 26.0. The first-order valence-electron chi connectivity index (χ1n) is 20.1. The van der Waals surface area contributed by atoms with Gasteiger partial charge < -0.3 is 29.4 Å². The van der Waals surface area contributed by atoms with Crippen LogP contribution < -0.4 is 9.64 Å². The number of fused-ring (bicyclic) bond motifs is 6. The number of pyridine rings is 1. The van der Waals surface area contributed by atoms with Crippen molar-refractivity contribution < 1.29 is 24.2 Å². The van der Waals surface area contributed by atoms with E-state index in [1.165, 1.54) is 11.1 Å². The number of nitrogens with zero attached hydrogens (tertiary/aromatic N) is 5. The summed E-state index contributed by atoms with van der Waals surface area (Å²) in [6.07, 6.45) is 11.6. The minimum absolute atomic E-state index is 0.00921. The number of carbonyl (C=O) groups is 3. The zero-order valence-corrected chi connectivity index (χ0v) is 32.4. The molecule has 10 nitrogen and oxygen atoms in total. The van der Waals surface area contributed by atoms with E-state index in [1.54, 1.807) is 15.9 Å². The fourth-order valence-electron chi connectivity index (χ4n) is 10.1. The van der Waals surface area contributed by atoms with E-state index in [9.17, 15) is 19.5 Å². The standard InChI is InChI=1S/C44H55N5O5/c1-6-22-49(41(51)37-17-15-30-12-10-11-13-36(30)45-37)29-40(50)48-25-23-47(24-26-48)38-28-34-31(27-39(38)54-42(52)46(8-3)9-4)14-16-33-32(34)18-20-43(5)35(33)19-21-44(43,53)7-2/h2,10-13,15,17,27-28,32-33,35,53H,6,8-9,14,16,18-26,29H2,1,3-5H3/t32?,33-,35?,43+,44+/m1/s1. The number of benzene rings is 2. The molecule has 1 N–H and O–H groups in total. The minimum Gasteiger partial charge on any atom is -0.408 e. The lowest BCUT2D eigenvalue weighted by Gasteiger charge is -2.52. The lowest BCUT2D eigenvalue weighted by Crippen LogP contribution is -2.52. The zero-order chi connectivity index (χ0) is 38.2. The second kappa shape index (κ2) is 15.3. The van der Waals surface area contributed by atoms with Gasteiger partial charge in [0, 0.05) is 56.6 Å². The lowest BCUT2D eigenvalue weighted by molar-refractivity contribution is -0.132. The van der Waals surface area contributed by atoms with Crippen LogP contribution in [0.1, 0.15) is 93.8 Å². The van der Waals surface area contributed by atoms with Gasteiger partial charge in [-0.1, -0.05) is 44.0 Å². The molecule has 5 atom stereocenters. The molecule has 2 aromatic carbocycles. The Bertz CT molecular complexity index is 1950. The summed E-state index contributed by atoms with van der Waals surface area (Å²) in [7, 11) is 0. The van der Waals surface area contributed by atoms with Gasteiger partial charge in [-0.15, -0.1) is 6.42 Å². The number of para-hydroxylation sites is 1. The molecule has 4 aliphatic rings. The van der Waals surface area contributed by atoms with Gasteiger partial charge in [-0.05, 0) is 112 Å². The molecule has 0 spiro atoms. The second-order valence-electron chi connectivity index (χ2n) is 16.0. The molecule has 7 rings (SSSR count). The summed E-state index contributed by atoms with van der Waals surface area (Å²) in [6.45, 7) is 11.8. The third-order valence-electron chi connectivity index (χ3n) is 13.3. The van der Waals surface area contributed by atoms with E-state index in [0.717, 1.165) is 55.1 Å². The van der Waals surface area contributed by atoms with Crippen molar-refractivity contribution in [3.05, 3.63) is 65.4 Å². The maximum Gasteiger partial charge on any atom is 0.415 e. The number of carbonyl (C=O) groups excluding carboxylic acids is 3. The Kier molecular flexibility index (Phi) is 10.6. The van der Waals surface area contributed by atoms with Gasteiger partial charge in [0.2, 0.25) is 5.91 Å². The molecule has 10 heteroatoms. The fraction of sp³-hybridized carbons (Fsp3) is 0.545. The molecule has 286 valence electrons. The van der Waals surface area contributed by atoms with Gasteiger partial charge >= 0.3 is 6.09 Å². The number of terminal acetylenes is 1. The number of ether oxygens (including phenoxy) is 1. The molecule has 2 heterocycles. The number of aliphatic hydroxyl groups is 1. The highest BCUT2D eigenvalue weighted by Gasteiger charge is 2.61. The number of hydrogen-bond acceptors (Lipinski definition) is 7. The molecular formula is C44H55N5O5. The Morgan fingerprint density at radius 2 is 1.74 bits per heavy atom. The van der Waals surface area contributed by atoms with Crippen LogP contribution in [-0.4, -0.2) is 101 Å². The topological polar surface area (TPSA) is 107 Å². The van der Waals surface area contributed by atoms with Crippen molar-refractivity contribution in [1.29, 1.82) is 0 Å². The molecule has 1 saturated heterocycles. The van der Waals surface area contributed by atoms with Crippen LogP contribution in [0.3, 0.4) is 0 Å². The predicted octanol–water partition coefficient (Wildman–Crippen LogP) is 6.50. The largest absolute Gasteiger partial charge is 0.415 e. The SMILES string of the molecule is C#C[C@]1(O)CCC2[C@@H]3CCc4cc(OC(=O)N(CC)CC)c(N5CCN(C(=O)CN(CCC)C(=O)c6ccc7ccccc7n6)CC5)cc4C3CC[C@@]21C. The maximum atomic E-state index is 13.7. The average molecular weight is 734 g/mol. The van der Waals surface area contributed by atoms with Gasteiger partial charge in [-0.25, -0.2) is 9.78 Å². The molecule has 3 fully saturated rings. The monoisotopic (exact) mass is 733 g/mol. The molecule has 1 aromatic heterocycles. The van der Waals surface area contributed by atoms with E-state index in [1.807, 2.05) is 56.0 Å². The highest BCUT2D eigenvalue weighted by atomic mass is 16.6. The summed E-state index contributed by atoms with van der Waals surface area (Å²) in [5.74, 6) is 4.16. The molecule has 2 unspecified atom stereocenters. The van der Waals surface area contributed by atoms with Crippen LogP contribution in [0.2, 0.25) is 0 Å². The Labute approximate surface area is 319 Å². The number of anilines is 1. The van der Waals surface area contributed by atoms with Crippen molar-refractivity contribution in [3.63, 3.8) is 0 Å². The Balaban J connectivity index is 1.10. The van der Waals surface area contributed by atoms with Crippen LogP contribution in [0, 0.1) is 29.6 Å². The highest BCUT2D eigenvalue weighted by molar-refractivity contribution is 5.97. The molecule has 0 radical (unpaired) electrons. The summed E-state index contributed by atoms with van der Waals surface area (Å²) in [6, 6.07) is 15.7. The molecule has 3 aliphatic carbocycles. The van der Waals surface area contributed by atoms with E-state index in [4.69, 9.17) is 11.2 Å². The van der Waals surface area contributed by atoms with Gasteiger partial charge in [-0.2, -0.15) is 0 Å². The molecule has 54 heavy (non-hydrogen) atoms. The quantitative estimate of drug-likeness (QED) is 0.251. The van der Waals surface area contributed by atoms with Crippen LogP contribution in [0.4, 0.5) is 10.5 Å². The van der Waals surface area contributed by atoms with Crippen molar-refractivity contribution in [2.45, 2.75) is 84.2 Å². The normalized spacial score (nSPS) is 26.0. The maximum absolute atomic E-state index is 13.7. The number of hydrogen-bond donors (Lipinski definition) is 1. The van der Waals surface area contributed by atoms with E-state index >= 15 is 0 Å². The van der Waals surface area contributed by atoms with Gasteiger partial charge in [-0.3, -0.25) is 9.59 Å². The van der Waals surface area contributed by atoms with Crippen molar-refractivity contribution in [2.75, 3.05) is 57.3 Å². The number of rotatable bonds is 9. The molecule has 0 bridgehead atoms. The van der Waals surface area contributed by atoms with Crippen molar-refractivity contribution in [3.8, 4) is 18.1 Å². The Morgan fingerprint density at radius 1 is 0.981 bits per heavy atom. The van der Waals surface area contributed by atoms with Gasteiger partial charge in [0.05, 0.1) is 11.2 Å². The summed E-state index contributed by atoms with van der Waals surface area (Å²) >= 11 is 0. The smallest absolute Gasteiger partial charge is 0.408 e. The van der Waals surface area contributed by atoms with E-state index < -0.39 is 5.60 Å². The highest BCUT2D eigenvalue weighted by Crippen LogP contribution is 2.64. The summed E-state index contributed by atoms with van der Waals surface area (Å²) in [4.78, 5) is 52.7. The van der Waals surface area contributed by atoms with Gasteiger partial charge in [0.15, 0.2) is 5.75 Å². The van der Waals surface area contributed by atoms with Crippen LogP contribution in [-0.2, 0) is 11.2 Å². The minimum atomic E-state index is -1.05. The van der Waals surface area contributed by atoms with Crippen molar-refractivity contribution >= 4 is 34.5 Å². The number of aryl methyl sites for hydroxylation is 1. The third-order valence-corrected chi connectivity index (χ3v) is 13.3.